The molecule has 0 aliphatic heterocycles. The van der Waals surface area contributed by atoms with Crippen LogP contribution in [0, 0.1) is 5.82 Å². The lowest BCUT2D eigenvalue weighted by Gasteiger charge is -2.08. The molecule has 0 saturated heterocycles. The second-order valence-electron chi connectivity index (χ2n) is 3.49. The monoisotopic (exact) mass is 227 g/mol. The zero-order chi connectivity index (χ0) is 11.3. The first-order chi connectivity index (χ1) is 7.11. The van der Waals surface area contributed by atoms with Crippen molar-refractivity contribution in [1.82, 2.24) is 4.90 Å². The number of benzene rings is 1. The van der Waals surface area contributed by atoms with Crippen LogP contribution in [0.4, 0.5) is 4.39 Å². The summed E-state index contributed by atoms with van der Waals surface area (Å²) in [6.07, 6.45) is 0.666. The minimum Gasteiger partial charge on any atom is -0.309 e. The predicted octanol–water partition coefficient (Wildman–Crippen LogP) is 2.29. The summed E-state index contributed by atoms with van der Waals surface area (Å²) in [5.41, 5.74) is 0.391. The maximum absolute atomic E-state index is 13.0. The Kier molecular flexibility index (Phi) is 4.78. The maximum atomic E-state index is 13.0. The quantitative estimate of drug-likeness (QED) is 0.568. The Balaban J connectivity index is 2.60. The van der Waals surface area contributed by atoms with E-state index in [0.717, 1.165) is 17.2 Å². The van der Waals surface area contributed by atoms with Gasteiger partial charge in [0.15, 0.2) is 0 Å². The van der Waals surface area contributed by atoms with Crippen LogP contribution in [-0.2, 0) is 0 Å². The summed E-state index contributed by atoms with van der Waals surface area (Å²) in [4.78, 5) is 13.4. The lowest BCUT2D eigenvalue weighted by atomic mass is 10.2. The standard InChI is InChI=1S/C11H14FNOS/c1-13(2)3-4-15-11-6-9(8-14)5-10(12)7-11/h5-8H,3-4H2,1-2H3. The smallest absolute Gasteiger partial charge is 0.150 e. The molecule has 0 atom stereocenters. The molecule has 0 radical (unpaired) electrons. The third kappa shape index (κ3) is 4.44. The summed E-state index contributed by atoms with van der Waals surface area (Å²) < 4.78 is 13.0. The van der Waals surface area contributed by atoms with E-state index in [0.29, 0.717) is 11.8 Å². The summed E-state index contributed by atoms with van der Waals surface area (Å²) in [6.45, 7) is 0.928. The van der Waals surface area contributed by atoms with Crippen molar-refractivity contribution in [3.05, 3.63) is 29.6 Å². The molecule has 0 heterocycles. The van der Waals surface area contributed by atoms with Crippen LogP contribution in [0.2, 0.25) is 0 Å². The molecule has 0 aromatic heterocycles. The summed E-state index contributed by atoms with van der Waals surface area (Å²) >= 11 is 1.55. The van der Waals surface area contributed by atoms with Gasteiger partial charge in [0.05, 0.1) is 0 Å². The molecular weight excluding hydrogens is 213 g/mol. The number of hydrogen-bond donors (Lipinski definition) is 0. The fraction of sp³-hybridized carbons (Fsp3) is 0.364. The van der Waals surface area contributed by atoms with Crippen molar-refractivity contribution in [2.75, 3.05) is 26.4 Å². The van der Waals surface area contributed by atoms with Crippen molar-refractivity contribution in [3.8, 4) is 0 Å². The van der Waals surface area contributed by atoms with Crippen molar-refractivity contribution >= 4 is 18.0 Å². The molecule has 0 spiro atoms. The highest BCUT2D eigenvalue weighted by Crippen LogP contribution is 2.20. The van der Waals surface area contributed by atoms with Crippen molar-refractivity contribution < 1.29 is 9.18 Å². The van der Waals surface area contributed by atoms with Crippen LogP contribution in [0.15, 0.2) is 23.1 Å². The average molecular weight is 227 g/mol. The third-order valence-corrected chi connectivity index (χ3v) is 2.79. The van der Waals surface area contributed by atoms with E-state index in [1.54, 1.807) is 17.8 Å². The lowest BCUT2D eigenvalue weighted by Crippen LogP contribution is -2.14. The Morgan fingerprint density at radius 3 is 2.73 bits per heavy atom. The Bertz CT molecular complexity index is 341. The molecule has 1 aromatic rings. The van der Waals surface area contributed by atoms with Gasteiger partial charge >= 0.3 is 0 Å². The van der Waals surface area contributed by atoms with Gasteiger partial charge in [-0.1, -0.05) is 0 Å². The summed E-state index contributed by atoms with van der Waals surface area (Å²) in [5.74, 6) is 0.529. The maximum Gasteiger partial charge on any atom is 0.150 e. The van der Waals surface area contributed by atoms with E-state index >= 15 is 0 Å². The van der Waals surface area contributed by atoms with Crippen molar-refractivity contribution in [2.24, 2.45) is 0 Å². The zero-order valence-corrected chi connectivity index (χ0v) is 9.68. The van der Waals surface area contributed by atoms with Crippen LogP contribution >= 0.6 is 11.8 Å². The minimum atomic E-state index is -0.355. The van der Waals surface area contributed by atoms with Crippen LogP contribution in [0.5, 0.6) is 0 Å². The fourth-order valence-corrected chi connectivity index (χ4v) is 2.19. The molecular formula is C11H14FNOS. The van der Waals surface area contributed by atoms with Gasteiger partial charge in [-0.25, -0.2) is 4.39 Å². The van der Waals surface area contributed by atoms with Gasteiger partial charge in [0.25, 0.3) is 0 Å². The second kappa shape index (κ2) is 5.88. The lowest BCUT2D eigenvalue weighted by molar-refractivity contribution is 0.112. The first kappa shape index (κ1) is 12.2. The summed E-state index contributed by atoms with van der Waals surface area (Å²) in [7, 11) is 3.98. The highest BCUT2D eigenvalue weighted by molar-refractivity contribution is 7.99. The number of aldehydes is 1. The molecule has 1 rings (SSSR count). The molecule has 0 N–H and O–H groups in total. The Morgan fingerprint density at radius 2 is 2.13 bits per heavy atom. The first-order valence-corrected chi connectivity index (χ1v) is 5.63. The molecule has 15 heavy (non-hydrogen) atoms. The molecule has 0 saturated carbocycles. The number of rotatable bonds is 5. The largest absolute Gasteiger partial charge is 0.309 e. The van der Waals surface area contributed by atoms with E-state index in [2.05, 4.69) is 4.90 Å². The number of thioether (sulfide) groups is 1. The molecule has 0 bridgehead atoms. The summed E-state index contributed by atoms with van der Waals surface area (Å²) in [5, 5.41) is 0. The van der Waals surface area contributed by atoms with Crippen LogP contribution in [0.3, 0.4) is 0 Å². The molecule has 1 aromatic carbocycles. The first-order valence-electron chi connectivity index (χ1n) is 4.65. The van der Waals surface area contributed by atoms with Crippen molar-refractivity contribution in [1.29, 1.82) is 0 Å². The molecule has 4 heteroatoms. The van der Waals surface area contributed by atoms with Crippen molar-refractivity contribution in [2.45, 2.75) is 4.90 Å². The Morgan fingerprint density at radius 1 is 1.40 bits per heavy atom. The van der Waals surface area contributed by atoms with E-state index < -0.39 is 0 Å². The third-order valence-electron chi connectivity index (χ3n) is 1.84. The van der Waals surface area contributed by atoms with Crippen molar-refractivity contribution in [3.63, 3.8) is 0 Å². The number of carbonyl (C=O) groups excluding carboxylic acids is 1. The van der Waals surface area contributed by atoms with Crippen LogP contribution < -0.4 is 0 Å². The van der Waals surface area contributed by atoms with E-state index in [1.165, 1.54) is 12.1 Å². The van der Waals surface area contributed by atoms with Gasteiger partial charge in [0, 0.05) is 22.8 Å². The Hall–Kier alpha value is -0.870. The molecule has 0 fully saturated rings. The van der Waals surface area contributed by atoms with Gasteiger partial charge in [-0.2, -0.15) is 0 Å². The normalized spacial score (nSPS) is 10.7. The van der Waals surface area contributed by atoms with Gasteiger partial charge in [-0.15, -0.1) is 11.8 Å². The number of halogens is 1. The zero-order valence-electron chi connectivity index (χ0n) is 8.87. The molecule has 2 nitrogen and oxygen atoms in total. The van der Waals surface area contributed by atoms with E-state index in [-0.39, 0.29) is 5.82 Å². The predicted molar refractivity (Wildman–Crippen MR) is 61.1 cm³/mol. The van der Waals surface area contributed by atoms with Gasteiger partial charge in [0.1, 0.15) is 12.1 Å². The number of hydrogen-bond acceptors (Lipinski definition) is 3. The number of carbonyl (C=O) groups is 1. The van der Waals surface area contributed by atoms with E-state index in [9.17, 15) is 9.18 Å². The van der Waals surface area contributed by atoms with Gasteiger partial charge in [-0.05, 0) is 32.3 Å². The molecule has 82 valence electrons. The molecule has 0 unspecified atom stereocenters. The van der Waals surface area contributed by atoms with E-state index in [4.69, 9.17) is 0 Å². The van der Waals surface area contributed by atoms with Crippen LogP contribution in [-0.4, -0.2) is 37.6 Å². The Labute approximate surface area is 93.5 Å². The fourth-order valence-electron chi connectivity index (χ4n) is 1.08. The molecule has 0 amide bonds. The summed E-state index contributed by atoms with van der Waals surface area (Å²) in [6, 6.07) is 4.40. The number of nitrogens with zero attached hydrogens (tertiary/aromatic N) is 1. The van der Waals surface area contributed by atoms with Gasteiger partial charge in [-0.3, -0.25) is 4.79 Å². The highest BCUT2D eigenvalue weighted by atomic mass is 32.2. The SMILES string of the molecule is CN(C)CCSc1cc(F)cc(C=O)c1. The van der Waals surface area contributed by atoms with Crippen LogP contribution in [0.1, 0.15) is 10.4 Å². The topological polar surface area (TPSA) is 20.3 Å². The molecule has 0 aliphatic rings. The second-order valence-corrected chi connectivity index (χ2v) is 4.66. The van der Waals surface area contributed by atoms with Crippen LogP contribution in [0.25, 0.3) is 0 Å². The van der Waals surface area contributed by atoms with Gasteiger partial charge in [0.2, 0.25) is 0 Å². The van der Waals surface area contributed by atoms with E-state index in [1.807, 2.05) is 14.1 Å². The average Bonchev–Trinajstić information content (AvgIpc) is 2.16. The minimum absolute atomic E-state index is 0.355. The highest BCUT2D eigenvalue weighted by Gasteiger charge is 2.01. The van der Waals surface area contributed by atoms with Gasteiger partial charge < -0.3 is 4.90 Å². The molecule has 0 aliphatic carbocycles.